The molecule has 32 heavy (non-hydrogen) atoms. The minimum absolute atomic E-state index is 0.0436. The highest BCUT2D eigenvalue weighted by Gasteiger charge is 2.33. The van der Waals surface area contributed by atoms with Crippen LogP contribution in [-0.2, 0) is 14.8 Å². The van der Waals surface area contributed by atoms with E-state index < -0.39 is 15.9 Å². The van der Waals surface area contributed by atoms with Crippen molar-refractivity contribution in [3.63, 3.8) is 0 Å². The first kappa shape index (κ1) is 22.7. The average molecular weight is 454 g/mol. The van der Waals surface area contributed by atoms with E-state index in [0.29, 0.717) is 13.0 Å². The Bertz CT molecular complexity index is 1060. The predicted octanol–water partition coefficient (Wildman–Crippen LogP) is 3.30. The van der Waals surface area contributed by atoms with E-state index in [-0.39, 0.29) is 16.8 Å². The van der Waals surface area contributed by atoms with E-state index in [2.05, 4.69) is 27.8 Å². The first-order chi connectivity index (χ1) is 15.5. The normalized spacial score (nSPS) is 21.0. The number of likely N-dealkylation sites (tertiary alicyclic amines) is 1. The zero-order valence-corrected chi connectivity index (χ0v) is 19.3. The first-order valence-electron chi connectivity index (χ1n) is 11.3. The number of benzene rings is 2. The number of allylic oxidation sites excluding steroid dienone is 1. The van der Waals surface area contributed by atoms with Crippen LogP contribution in [0.15, 0.2) is 71.6 Å². The molecule has 0 spiro atoms. The number of rotatable bonds is 7. The molecule has 2 atom stereocenters. The van der Waals surface area contributed by atoms with E-state index in [9.17, 15) is 13.2 Å². The predicted molar refractivity (Wildman–Crippen MR) is 126 cm³/mol. The molecule has 0 aliphatic carbocycles. The summed E-state index contributed by atoms with van der Waals surface area (Å²) in [5, 5.41) is 0. The summed E-state index contributed by atoms with van der Waals surface area (Å²) in [6, 6.07) is 16.9. The molecule has 2 aliphatic heterocycles. The van der Waals surface area contributed by atoms with Crippen LogP contribution >= 0.6 is 0 Å². The van der Waals surface area contributed by atoms with Crippen LogP contribution < -0.4 is 4.72 Å². The van der Waals surface area contributed by atoms with Gasteiger partial charge in [-0.25, -0.2) is 13.1 Å². The summed E-state index contributed by atoms with van der Waals surface area (Å²) < 4.78 is 27.0. The summed E-state index contributed by atoms with van der Waals surface area (Å²) in [6.45, 7) is 3.49. The first-order valence-corrected chi connectivity index (χ1v) is 12.7. The summed E-state index contributed by atoms with van der Waals surface area (Å²) in [4.78, 5) is 18.5. The van der Waals surface area contributed by atoms with Crippen LogP contribution in [-0.4, -0.2) is 57.4 Å². The van der Waals surface area contributed by atoms with Crippen LogP contribution in [0.1, 0.15) is 42.3 Å². The minimum atomic E-state index is -3.57. The number of hydrogen-bond acceptors (Lipinski definition) is 4. The molecule has 4 rings (SSSR count). The number of amides is 1. The topological polar surface area (TPSA) is 69.7 Å². The van der Waals surface area contributed by atoms with Crippen LogP contribution in [0.5, 0.6) is 0 Å². The van der Waals surface area contributed by atoms with Crippen LogP contribution in [0.25, 0.3) is 0 Å². The molecule has 0 aromatic heterocycles. The molecule has 2 aromatic carbocycles. The third-order valence-electron chi connectivity index (χ3n) is 6.45. The fraction of sp³-hybridized carbons (Fsp3) is 0.400. The molecule has 1 saturated heterocycles. The molecule has 0 bridgehead atoms. The molecule has 1 amide bonds. The molecule has 6 nitrogen and oxygen atoms in total. The Morgan fingerprint density at radius 1 is 1.03 bits per heavy atom. The van der Waals surface area contributed by atoms with E-state index in [4.69, 9.17) is 0 Å². The van der Waals surface area contributed by atoms with Gasteiger partial charge < -0.3 is 9.80 Å². The average Bonchev–Trinajstić information content (AvgIpc) is 3.26. The molecule has 170 valence electrons. The Labute approximate surface area is 191 Å². The summed E-state index contributed by atoms with van der Waals surface area (Å²) in [7, 11) is -2.18. The van der Waals surface area contributed by atoms with Crippen molar-refractivity contribution < 1.29 is 13.2 Å². The number of carbonyl (C=O) groups is 1. The Morgan fingerprint density at radius 2 is 1.78 bits per heavy atom. The largest absolute Gasteiger partial charge is 0.330 e. The molecule has 0 radical (unpaired) electrons. The minimum Gasteiger partial charge on any atom is -0.330 e. The van der Waals surface area contributed by atoms with Crippen LogP contribution in [0.3, 0.4) is 0 Å². The highest BCUT2D eigenvalue weighted by Crippen LogP contribution is 2.32. The van der Waals surface area contributed by atoms with Gasteiger partial charge in [0.2, 0.25) is 15.9 Å². The molecule has 2 aliphatic rings. The van der Waals surface area contributed by atoms with E-state index >= 15 is 0 Å². The quantitative estimate of drug-likeness (QED) is 0.653. The van der Waals surface area contributed by atoms with Crippen LogP contribution in [0.4, 0.5) is 0 Å². The van der Waals surface area contributed by atoms with Gasteiger partial charge in [-0.05, 0) is 62.7 Å². The smallest absolute Gasteiger partial charge is 0.240 e. The molecule has 7 heteroatoms. The lowest BCUT2D eigenvalue weighted by Crippen LogP contribution is -2.42. The van der Waals surface area contributed by atoms with Crippen LogP contribution in [0, 0.1) is 0 Å². The third kappa shape index (κ3) is 4.95. The standard InChI is InChI=1S/C25H31N3O3S/c1-26-32(30,31)22-13-9-12-21(18-22)23-14-5-6-17-28(25(23)29)24(19-27-15-7-8-16-27)20-10-3-2-4-11-20/h2-6,9-13,18,23-24,26H,7-8,14-17,19H2,1H3/t23?,24-/m1/s1. The van der Waals surface area contributed by atoms with E-state index in [1.54, 1.807) is 18.2 Å². The zero-order valence-electron chi connectivity index (χ0n) is 18.5. The highest BCUT2D eigenvalue weighted by molar-refractivity contribution is 7.89. The van der Waals surface area contributed by atoms with Crippen molar-refractivity contribution in [1.82, 2.24) is 14.5 Å². The molecular weight excluding hydrogens is 422 g/mol. The van der Waals surface area contributed by atoms with E-state index in [0.717, 1.165) is 30.8 Å². The van der Waals surface area contributed by atoms with Crippen molar-refractivity contribution in [3.8, 4) is 0 Å². The van der Waals surface area contributed by atoms with Gasteiger partial charge in [-0.2, -0.15) is 0 Å². The Balaban J connectivity index is 1.67. The van der Waals surface area contributed by atoms with Crippen molar-refractivity contribution in [2.75, 3.05) is 33.2 Å². The van der Waals surface area contributed by atoms with Gasteiger partial charge in [0.15, 0.2) is 0 Å². The number of hydrogen-bond donors (Lipinski definition) is 1. The van der Waals surface area contributed by atoms with Gasteiger partial charge in [-0.3, -0.25) is 4.79 Å². The lowest BCUT2D eigenvalue weighted by atomic mass is 9.93. The molecule has 2 aromatic rings. The van der Waals surface area contributed by atoms with Gasteiger partial charge >= 0.3 is 0 Å². The van der Waals surface area contributed by atoms with E-state index in [1.807, 2.05) is 35.2 Å². The van der Waals surface area contributed by atoms with Gasteiger partial charge in [0.25, 0.3) is 0 Å². The maximum atomic E-state index is 13.9. The molecular formula is C25H31N3O3S. The molecule has 1 N–H and O–H groups in total. The van der Waals surface area contributed by atoms with Gasteiger partial charge in [-0.15, -0.1) is 0 Å². The Hall–Kier alpha value is -2.48. The summed E-state index contributed by atoms with van der Waals surface area (Å²) in [5.41, 5.74) is 1.86. The lowest BCUT2D eigenvalue weighted by Gasteiger charge is -2.35. The number of sulfonamides is 1. The van der Waals surface area contributed by atoms with Crippen molar-refractivity contribution in [2.24, 2.45) is 0 Å². The number of carbonyl (C=O) groups excluding carboxylic acids is 1. The number of nitrogens with one attached hydrogen (secondary N) is 1. The maximum Gasteiger partial charge on any atom is 0.240 e. The molecule has 1 unspecified atom stereocenters. The molecule has 2 heterocycles. The molecule has 1 fully saturated rings. The SMILES string of the molecule is CNS(=O)(=O)c1cccc(C2CC=CCN([C@H](CN3CCCC3)c3ccccc3)C2=O)c1. The summed E-state index contributed by atoms with van der Waals surface area (Å²) >= 11 is 0. The Kier molecular flexibility index (Phi) is 7.08. The summed E-state index contributed by atoms with van der Waals surface area (Å²) in [6.07, 6.45) is 7.06. The molecule has 0 saturated carbocycles. The third-order valence-corrected chi connectivity index (χ3v) is 7.86. The van der Waals surface area contributed by atoms with Crippen molar-refractivity contribution in [3.05, 3.63) is 77.9 Å². The monoisotopic (exact) mass is 453 g/mol. The zero-order chi connectivity index (χ0) is 22.6. The van der Waals surface area contributed by atoms with Gasteiger partial charge in [0.05, 0.1) is 16.9 Å². The van der Waals surface area contributed by atoms with Gasteiger partial charge in [-0.1, -0.05) is 54.6 Å². The van der Waals surface area contributed by atoms with Crippen molar-refractivity contribution >= 4 is 15.9 Å². The second-order valence-electron chi connectivity index (χ2n) is 8.46. The fourth-order valence-corrected chi connectivity index (χ4v) is 5.44. The maximum absolute atomic E-state index is 13.9. The summed E-state index contributed by atoms with van der Waals surface area (Å²) in [5.74, 6) is -0.368. The number of nitrogens with zero attached hydrogens (tertiary/aromatic N) is 2. The van der Waals surface area contributed by atoms with Gasteiger partial charge in [0, 0.05) is 13.1 Å². The van der Waals surface area contributed by atoms with E-state index in [1.165, 1.54) is 19.9 Å². The fourth-order valence-electron chi connectivity index (χ4n) is 4.66. The van der Waals surface area contributed by atoms with Crippen molar-refractivity contribution in [1.29, 1.82) is 0 Å². The van der Waals surface area contributed by atoms with Gasteiger partial charge in [0.1, 0.15) is 0 Å². The second kappa shape index (κ2) is 9.98. The highest BCUT2D eigenvalue weighted by atomic mass is 32.2. The second-order valence-corrected chi connectivity index (χ2v) is 10.4. The lowest BCUT2D eigenvalue weighted by molar-refractivity contribution is -0.134. The van der Waals surface area contributed by atoms with Crippen molar-refractivity contribution in [2.45, 2.75) is 36.1 Å². The van der Waals surface area contributed by atoms with Crippen LogP contribution in [0.2, 0.25) is 0 Å². The Morgan fingerprint density at radius 3 is 2.50 bits per heavy atom.